The van der Waals surface area contributed by atoms with E-state index in [1.165, 1.54) is 31.9 Å². The number of benzene rings is 9. The molecule has 0 saturated carbocycles. The predicted octanol–water partition coefficient (Wildman–Crippen LogP) is 10.7. The van der Waals surface area contributed by atoms with E-state index in [4.69, 9.17) is 0 Å². The molecule has 0 fully saturated rings. The van der Waals surface area contributed by atoms with Crippen LogP contribution < -0.4 is 15.6 Å². The lowest BCUT2D eigenvalue weighted by Gasteiger charge is -2.28. The molecule has 0 amide bonds. The molecule has 0 saturated heterocycles. The normalized spacial score (nSPS) is 11.4. The second-order valence-corrected chi connectivity index (χ2v) is 17.7. The molecule has 0 atom stereocenters. The van der Waals surface area contributed by atoms with Crippen molar-refractivity contribution in [1.29, 1.82) is 5.26 Å². The fourth-order valence-electron chi connectivity index (χ4n) is 8.63. The van der Waals surface area contributed by atoms with Gasteiger partial charge >= 0.3 is 0 Å². The highest BCUT2D eigenvalue weighted by molar-refractivity contribution is 7.16. The molecule has 3 heteroatoms. The van der Waals surface area contributed by atoms with Crippen LogP contribution >= 0.6 is 0 Å². The van der Waals surface area contributed by atoms with Gasteiger partial charge in [0.2, 0.25) is 8.07 Å². The number of rotatable bonds is 5. The molecule has 0 aliphatic rings. The van der Waals surface area contributed by atoms with Crippen LogP contribution in [-0.4, -0.2) is 12.6 Å². The zero-order valence-corrected chi connectivity index (χ0v) is 31.5. The summed E-state index contributed by atoms with van der Waals surface area (Å²) in [6.07, 6.45) is 0. The number of nitriles is 1. The summed E-state index contributed by atoms with van der Waals surface area (Å²) in [5, 5.41) is 20.3. The predicted molar refractivity (Wildman–Crippen MR) is 237 cm³/mol. The molecular weight excluding hydrogens is 693 g/mol. The first kappa shape index (κ1) is 33.2. The lowest BCUT2D eigenvalue weighted by Crippen LogP contribution is -2.66. The number of aromatic nitrogens is 1. The Morgan fingerprint density at radius 2 is 0.911 bits per heavy atom. The summed E-state index contributed by atoms with van der Waals surface area (Å²) in [5.41, 5.74) is 11.4. The minimum absolute atomic E-state index is 0.659. The van der Waals surface area contributed by atoms with Crippen molar-refractivity contribution in [1.82, 2.24) is 4.57 Å². The van der Waals surface area contributed by atoms with Gasteiger partial charge in [-0.05, 0) is 84.6 Å². The standard InChI is InChI=1S/C53H34N2Si/c54-37-38-31-32-52-50(35-38)47-27-14-15-30-51(47)55(52)40-18-16-17-39(36-40)53-48-28-12-10-25-44(48)46(45-26-11-13-29-49(45)53)33-34-56(41-19-4-1-5-20-41,42-21-6-2-7-22-42)43-23-8-3-9-24-43/h1-32,35-36H. The maximum atomic E-state index is 9.71. The molecular formula is C53H34N2Si. The van der Waals surface area contributed by atoms with E-state index in [-0.39, 0.29) is 0 Å². The Bertz CT molecular complexity index is 3050. The van der Waals surface area contributed by atoms with Gasteiger partial charge in [-0.2, -0.15) is 5.26 Å². The highest BCUT2D eigenvalue weighted by Crippen LogP contribution is 2.41. The van der Waals surface area contributed by atoms with Gasteiger partial charge in [0.25, 0.3) is 0 Å². The fraction of sp³-hybridized carbons (Fsp3) is 0. The smallest absolute Gasteiger partial charge is 0.230 e. The van der Waals surface area contributed by atoms with E-state index in [0.29, 0.717) is 5.56 Å². The van der Waals surface area contributed by atoms with Gasteiger partial charge in [-0.25, -0.2) is 0 Å². The van der Waals surface area contributed by atoms with Crippen LogP contribution in [0.3, 0.4) is 0 Å². The third kappa shape index (κ3) is 5.34. The van der Waals surface area contributed by atoms with Gasteiger partial charge in [0.05, 0.1) is 22.7 Å². The van der Waals surface area contributed by atoms with Crippen molar-refractivity contribution in [3.8, 4) is 34.3 Å². The van der Waals surface area contributed by atoms with Gasteiger partial charge in [-0.3, -0.25) is 0 Å². The Hall–Kier alpha value is -7.43. The largest absolute Gasteiger partial charge is 0.309 e. The minimum Gasteiger partial charge on any atom is -0.309 e. The van der Waals surface area contributed by atoms with Crippen LogP contribution in [-0.2, 0) is 0 Å². The lowest BCUT2D eigenvalue weighted by atomic mass is 9.88. The van der Waals surface area contributed by atoms with Crippen molar-refractivity contribution in [2.75, 3.05) is 0 Å². The zero-order valence-electron chi connectivity index (χ0n) is 30.5. The van der Waals surface area contributed by atoms with Gasteiger partial charge in [-0.1, -0.05) is 176 Å². The van der Waals surface area contributed by atoms with Crippen molar-refractivity contribution in [2.45, 2.75) is 0 Å². The Balaban J connectivity index is 1.23. The van der Waals surface area contributed by atoms with Gasteiger partial charge < -0.3 is 4.57 Å². The number of fused-ring (bicyclic) bond motifs is 5. The maximum absolute atomic E-state index is 9.71. The van der Waals surface area contributed by atoms with Crippen LogP contribution in [0.25, 0.3) is 60.2 Å². The molecule has 2 nitrogen and oxygen atoms in total. The highest BCUT2D eigenvalue weighted by Gasteiger charge is 2.38. The van der Waals surface area contributed by atoms with E-state index < -0.39 is 8.07 Å². The molecule has 0 unspecified atom stereocenters. The van der Waals surface area contributed by atoms with Crippen molar-refractivity contribution in [2.24, 2.45) is 0 Å². The van der Waals surface area contributed by atoms with Crippen LogP contribution in [0, 0.1) is 22.8 Å². The van der Waals surface area contributed by atoms with Crippen LogP contribution in [0.5, 0.6) is 0 Å². The van der Waals surface area contributed by atoms with Crippen molar-refractivity contribution in [3.05, 3.63) is 217 Å². The van der Waals surface area contributed by atoms with Crippen molar-refractivity contribution >= 4 is 67.0 Å². The quantitative estimate of drug-likeness (QED) is 0.0751. The monoisotopic (exact) mass is 726 g/mol. The Morgan fingerprint density at radius 3 is 1.48 bits per heavy atom. The van der Waals surface area contributed by atoms with E-state index in [1.807, 2.05) is 12.1 Å². The molecule has 1 aromatic heterocycles. The van der Waals surface area contributed by atoms with Crippen LogP contribution in [0.15, 0.2) is 206 Å². The van der Waals surface area contributed by atoms with Gasteiger partial charge in [-0.15, -0.1) is 5.54 Å². The number of hydrogen-bond acceptors (Lipinski definition) is 1. The zero-order chi connectivity index (χ0) is 37.5. The summed E-state index contributed by atoms with van der Waals surface area (Å²) in [6, 6.07) is 75.8. The second kappa shape index (κ2) is 13.8. The van der Waals surface area contributed by atoms with E-state index in [2.05, 4.69) is 216 Å². The molecule has 0 radical (unpaired) electrons. The molecule has 0 N–H and O–H groups in total. The van der Waals surface area contributed by atoms with Crippen LogP contribution in [0.1, 0.15) is 11.1 Å². The van der Waals surface area contributed by atoms with E-state index in [9.17, 15) is 5.26 Å². The lowest BCUT2D eigenvalue weighted by molar-refractivity contribution is 1.18. The Morgan fingerprint density at radius 1 is 0.411 bits per heavy atom. The van der Waals surface area contributed by atoms with Crippen molar-refractivity contribution < 1.29 is 0 Å². The molecule has 0 aliphatic carbocycles. The molecule has 1 heterocycles. The van der Waals surface area contributed by atoms with Crippen LogP contribution in [0.4, 0.5) is 0 Å². The van der Waals surface area contributed by atoms with Gasteiger partial charge in [0, 0.05) is 22.0 Å². The Labute approximate surface area is 327 Å². The van der Waals surface area contributed by atoms with Gasteiger partial charge in [0.15, 0.2) is 0 Å². The summed E-state index contributed by atoms with van der Waals surface area (Å²) in [5.74, 6) is 3.91. The third-order valence-electron chi connectivity index (χ3n) is 11.1. The molecule has 10 aromatic rings. The average Bonchev–Trinajstić information content (AvgIpc) is 3.61. The summed E-state index contributed by atoms with van der Waals surface area (Å²) >= 11 is 0. The highest BCUT2D eigenvalue weighted by atomic mass is 28.3. The Kier molecular flexibility index (Phi) is 8.15. The second-order valence-electron chi connectivity index (χ2n) is 14.2. The molecule has 10 rings (SSSR count). The molecule has 0 aliphatic heterocycles. The SMILES string of the molecule is N#Cc1ccc2c(c1)c1ccccc1n2-c1cccc(-c2c3ccccc3c(C#C[Si](c3ccccc3)(c3ccccc3)c3ccccc3)c3ccccc23)c1. The molecule has 260 valence electrons. The van der Waals surface area contributed by atoms with E-state index in [0.717, 1.165) is 49.4 Å². The maximum Gasteiger partial charge on any atom is 0.230 e. The molecule has 56 heavy (non-hydrogen) atoms. The minimum atomic E-state index is -2.83. The van der Waals surface area contributed by atoms with E-state index in [1.54, 1.807) is 0 Å². The summed E-state index contributed by atoms with van der Waals surface area (Å²) in [4.78, 5) is 0. The first-order chi connectivity index (χ1) is 27.7. The van der Waals surface area contributed by atoms with Gasteiger partial charge in [0.1, 0.15) is 0 Å². The first-order valence-electron chi connectivity index (χ1n) is 18.9. The molecule has 0 bridgehead atoms. The summed E-state index contributed by atoms with van der Waals surface area (Å²) in [6.45, 7) is 0. The van der Waals surface area contributed by atoms with E-state index >= 15 is 0 Å². The van der Waals surface area contributed by atoms with Crippen molar-refractivity contribution in [3.63, 3.8) is 0 Å². The fourth-order valence-corrected chi connectivity index (χ4v) is 12.5. The average molecular weight is 727 g/mol. The molecule has 0 spiro atoms. The number of nitrogens with zero attached hydrogens (tertiary/aromatic N) is 2. The summed E-state index contributed by atoms with van der Waals surface area (Å²) < 4.78 is 2.32. The van der Waals surface area contributed by atoms with Crippen LogP contribution in [0.2, 0.25) is 0 Å². The molecule has 9 aromatic carbocycles. The third-order valence-corrected chi connectivity index (χ3v) is 15.2. The topological polar surface area (TPSA) is 28.7 Å². The number of hydrogen-bond donors (Lipinski definition) is 0. The number of para-hydroxylation sites is 1. The summed E-state index contributed by atoms with van der Waals surface area (Å²) in [7, 11) is -2.83. The first-order valence-corrected chi connectivity index (χ1v) is 20.9.